The van der Waals surface area contributed by atoms with Gasteiger partial charge >= 0.3 is 0 Å². The van der Waals surface area contributed by atoms with Crippen molar-refractivity contribution in [3.8, 4) is 11.5 Å². The number of rotatable bonds is 6. The molecule has 0 aliphatic heterocycles. The second-order valence-electron chi connectivity index (χ2n) is 6.76. The van der Waals surface area contributed by atoms with Crippen molar-refractivity contribution in [1.29, 1.82) is 0 Å². The van der Waals surface area contributed by atoms with Gasteiger partial charge in [0.15, 0.2) is 0 Å². The van der Waals surface area contributed by atoms with Crippen LogP contribution in [0.3, 0.4) is 0 Å². The highest BCUT2D eigenvalue weighted by Crippen LogP contribution is 2.33. The van der Waals surface area contributed by atoms with Crippen molar-refractivity contribution >= 4 is 46.7 Å². The minimum Gasteiger partial charge on any atom is -0.495 e. The Kier molecular flexibility index (Phi) is 7.81. The molecule has 0 amide bonds. The second kappa shape index (κ2) is 9.80. The van der Waals surface area contributed by atoms with Crippen molar-refractivity contribution < 1.29 is 31.1 Å². The molecular formula is C20H23ClN2O7S2. The van der Waals surface area contributed by atoms with E-state index in [-0.39, 0.29) is 17.2 Å². The van der Waals surface area contributed by atoms with E-state index in [0.29, 0.717) is 17.0 Å². The van der Waals surface area contributed by atoms with Crippen LogP contribution < -0.4 is 14.2 Å². The Hall–Kier alpha value is -2.76. The molecule has 0 aliphatic rings. The van der Waals surface area contributed by atoms with E-state index in [1.54, 1.807) is 23.8 Å². The predicted molar refractivity (Wildman–Crippen MR) is 124 cm³/mol. The highest BCUT2D eigenvalue weighted by molar-refractivity contribution is 8.13. The summed E-state index contributed by atoms with van der Waals surface area (Å²) in [6.45, 7) is 1.83. The number of carbonyl (C=O) groups excluding carboxylic acids is 1. The van der Waals surface area contributed by atoms with E-state index in [9.17, 15) is 21.6 Å². The zero-order valence-corrected chi connectivity index (χ0v) is 20.4. The van der Waals surface area contributed by atoms with Gasteiger partial charge in [-0.2, -0.15) is 0 Å². The quantitative estimate of drug-likeness (QED) is 0.406. The van der Waals surface area contributed by atoms with Crippen LogP contribution in [0.4, 0.5) is 5.69 Å². The molecule has 0 unspecified atom stereocenters. The van der Waals surface area contributed by atoms with Crippen LogP contribution in [0.15, 0.2) is 42.6 Å². The van der Waals surface area contributed by atoms with Crippen molar-refractivity contribution in [3.63, 3.8) is 0 Å². The largest absolute Gasteiger partial charge is 0.495 e. The molecule has 3 aromatic rings. The summed E-state index contributed by atoms with van der Waals surface area (Å²) in [6, 6.07) is 10.2. The molecule has 2 aromatic heterocycles. The molecule has 1 N–H and O–H groups in total. The third kappa shape index (κ3) is 6.38. The van der Waals surface area contributed by atoms with Crippen molar-refractivity contribution in [2.24, 2.45) is 0 Å². The molecule has 0 saturated heterocycles. The normalized spacial score (nSPS) is 11.4. The summed E-state index contributed by atoms with van der Waals surface area (Å²) in [4.78, 5) is 13.2. The Morgan fingerprint density at radius 2 is 1.66 bits per heavy atom. The lowest BCUT2D eigenvalue weighted by Gasteiger charge is -2.11. The van der Waals surface area contributed by atoms with Crippen LogP contribution in [-0.2, 0) is 19.1 Å². The molecule has 0 bridgehead atoms. The highest BCUT2D eigenvalue weighted by Gasteiger charge is 2.23. The number of nitrogens with zero attached hydrogens (tertiary/aromatic N) is 1. The summed E-state index contributed by atoms with van der Waals surface area (Å²) in [5.41, 5.74) is 2.65. The van der Waals surface area contributed by atoms with Gasteiger partial charge in [0, 0.05) is 28.0 Å². The first-order valence-electron chi connectivity index (χ1n) is 9.00. The molecule has 2 heterocycles. The van der Waals surface area contributed by atoms with E-state index in [2.05, 4.69) is 15.4 Å². The zero-order chi connectivity index (χ0) is 24.3. The number of hydrogen-bond donors (Lipinski definition) is 1. The average Bonchev–Trinajstić information content (AvgIpc) is 2.96. The second-order valence-corrected chi connectivity index (χ2v) is 11.6. The topological polar surface area (TPSA) is 120 Å². The Bertz CT molecular complexity index is 1360. The van der Waals surface area contributed by atoms with Crippen LogP contribution in [0.25, 0.3) is 5.52 Å². The monoisotopic (exact) mass is 502 g/mol. The maximum Gasteiger partial charge on any atom is 0.229 e. The molecule has 0 fully saturated rings. The zero-order valence-electron chi connectivity index (χ0n) is 18.0. The van der Waals surface area contributed by atoms with Gasteiger partial charge in [-0.15, -0.1) is 0 Å². The summed E-state index contributed by atoms with van der Waals surface area (Å²) < 4.78 is 56.6. The Morgan fingerprint density at radius 3 is 2.19 bits per heavy atom. The first-order valence-corrected chi connectivity index (χ1v) is 13.6. The molecular weight excluding hydrogens is 480 g/mol. The number of aromatic nitrogens is 1. The van der Waals surface area contributed by atoms with Gasteiger partial charge in [-0.3, -0.25) is 9.52 Å². The number of carbonyl (C=O) groups is 1. The van der Waals surface area contributed by atoms with Crippen LogP contribution in [0.5, 0.6) is 11.5 Å². The number of halogens is 1. The van der Waals surface area contributed by atoms with Crippen LogP contribution in [0.2, 0.25) is 0 Å². The standard InChI is InChI=1S/C19H20N2O5S.CH3ClO2S/c1-12-17(21-10-6-5-7-15(21)19(12)26-3)18(22)13-8-9-14(16(11-13)25-2)20-27(4,23)24;1-5(2,3)4/h5-11,20H,1-4H3;1H3. The summed E-state index contributed by atoms with van der Waals surface area (Å²) >= 11 is 0. The molecule has 174 valence electrons. The minimum absolute atomic E-state index is 0.221. The number of ether oxygens (including phenoxy) is 2. The number of hydrogen-bond acceptors (Lipinski definition) is 7. The van der Waals surface area contributed by atoms with Gasteiger partial charge in [0.25, 0.3) is 0 Å². The van der Waals surface area contributed by atoms with Crippen molar-refractivity contribution in [3.05, 3.63) is 59.4 Å². The summed E-state index contributed by atoms with van der Waals surface area (Å²) in [7, 11) is 0.824. The van der Waals surface area contributed by atoms with Crippen LogP contribution in [0, 0.1) is 6.92 Å². The number of methoxy groups -OCH3 is 2. The average molecular weight is 503 g/mol. The third-order valence-electron chi connectivity index (χ3n) is 4.21. The molecule has 9 nitrogen and oxygen atoms in total. The SMILES string of the molecule is COc1cc(C(=O)c2c(C)c(OC)c3ccccn23)ccc1NS(C)(=O)=O.CS(=O)(=O)Cl. The maximum atomic E-state index is 13.2. The first kappa shape index (κ1) is 25.5. The maximum absolute atomic E-state index is 13.2. The predicted octanol–water partition coefficient (Wildman–Crippen LogP) is 3.05. The van der Waals surface area contributed by atoms with Crippen molar-refractivity contribution in [2.45, 2.75) is 6.92 Å². The number of fused-ring (bicyclic) bond motifs is 1. The van der Waals surface area contributed by atoms with E-state index < -0.39 is 19.1 Å². The van der Waals surface area contributed by atoms with E-state index in [0.717, 1.165) is 23.6 Å². The molecule has 0 radical (unpaired) electrons. The van der Waals surface area contributed by atoms with E-state index in [1.165, 1.54) is 19.2 Å². The van der Waals surface area contributed by atoms with Gasteiger partial charge in [-0.1, -0.05) is 6.07 Å². The van der Waals surface area contributed by atoms with E-state index in [1.807, 2.05) is 25.1 Å². The first-order chi connectivity index (χ1) is 14.8. The van der Waals surface area contributed by atoms with Gasteiger partial charge < -0.3 is 13.9 Å². The van der Waals surface area contributed by atoms with Crippen LogP contribution >= 0.6 is 10.7 Å². The van der Waals surface area contributed by atoms with Crippen LogP contribution in [-0.4, -0.2) is 53.8 Å². The third-order valence-corrected chi connectivity index (χ3v) is 4.80. The van der Waals surface area contributed by atoms with Gasteiger partial charge in [-0.05, 0) is 37.3 Å². The number of anilines is 1. The number of benzene rings is 1. The molecule has 0 spiro atoms. The molecule has 1 aromatic carbocycles. The fourth-order valence-electron chi connectivity index (χ4n) is 3.09. The van der Waals surface area contributed by atoms with E-state index in [4.69, 9.17) is 9.47 Å². The number of ketones is 1. The van der Waals surface area contributed by atoms with Gasteiger partial charge in [-0.25, -0.2) is 16.8 Å². The molecule has 0 atom stereocenters. The van der Waals surface area contributed by atoms with Crippen molar-refractivity contribution in [1.82, 2.24) is 4.40 Å². The fraction of sp³-hybridized carbons (Fsp3) is 0.250. The number of sulfonamides is 1. The van der Waals surface area contributed by atoms with Gasteiger partial charge in [0.2, 0.25) is 24.9 Å². The summed E-state index contributed by atoms with van der Waals surface area (Å²) in [5, 5.41) is 0. The summed E-state index contributed by atoms with van der Waals surface area (Å²) in [6.07, 6.45) is 3.78. The molecule has 0 saturated carbocycles. The Labute approximate surface area is 191 Å². The minimum atomic E-state index is -3.47. The molecule has 12 heteroatoms. The van der Waals surface area contributed by atoms with Gasteiger partial charge in [0.05, 0.1) is 37.9 Å². The fourth-order valence-corrected chi connectivity index (χ4v) is 3.66. The molecule has 32 heavy (non-hydrogen) atoms. The lowest BCUT2D eigenvalue weighted by atomic mass is 10.0. The lowest BCUT2D eigenvalue weighted by molar-refractivity contribution is 0.103. The Balaban J connectivity index is 0.000000654. The molecule has 0 aliphatic carbocycles. The number of pyridine rings is 1. The summed E-state index contributed by atoms with van der Waals surface area (Å²) in [5.74, 6) is 0.680. The lowest BCUT2D eigenvalue weighted by Crippen LogP contribution is -2.12. The highest BCUT2D eigenvalue weighted by atomic mass is 35.7. The Morgan fingerprint density at radius 1 is 1.03 bits per heavy atom. The van der Waals surface area contributed by atoms with Crippen molar-refractivity contribution in [2.75, 3.05) is 31.5 Å². The van der Waals surface area contributed by atoms with E-state index >= 15 is 0 Å². The molecule has 3 rings (SSSR count). The number of nitrogens with one attached hydrogen (secondary N) is 1. The van der Waals surface area contributed by atoms with Gasteiger partial charge in [0.1, 0.15) is 17.2 Å². The smallest absolute Gasteiger partial charge is 0.229 e. The van der Waals surface area contributed by atoms with Crippen LogP contribution in [0.1, 0.15) is 21.6 Å².